The Bertz CT molecular complexity index is 863. The van der Waals surface area contributed by atoms with Crippen LogP contribution in [0, 0.1) is 0 Å². The number of benzene rings is 1. The number of nitrogens with one attached hydrogen (secondary N) is 1. The van der Waals surface area contributed by atoms with Gasteiger partial charge in [0.1, 0.15) is 0 Å². The Kier molecular flexibility index (Phi) is 3.39. The van der Waals surface area contributed by atoms with Gasteiger partial charge in [-0.25, -0.2) is 0 Å². The summed E-state index contributed by atoms with van der Waals surface area (Å²) >= 11 is 0. The monoisotopic (exact) mass is 293 g/mol. The van der Waals surface area contributed by atoms with Gasteiger partial charge in [0.2, 0.25) is 0 Å². The molecule has 0 spiro atoms. The van der Waals surface area contributed by atoms with Crippen LogP contribution in [0.25, 0.3) is 5.52 Å². The number of fused-ring (bicyclic) bond motifs is 1. The molecule has 1 aromatic carbocycles. The highest BCUT2D eigenvalue weighted by Crippen LogP contribution is 2.17. The largest absolute Gasteiger partial charge is 0.399 e. The van der Waals surface area contributed by atoms with Gasteiger partial charge in [-0.15, -0.1) is 0 Å². The summed E-state index contributed by atoms with van der Waals surface area (Å²) in [6, 6.07) is 12.1. The minimum Gasteiger partial charge on any atom is -0.399 e. The number of Topliss-reactive ketones (excluding diaryl/α,β-unsaturated/α-hetero) is 1. The maximum atomic E-state index is 12.2. The Morgan fingerprint density at radius 3 is 2.45 bits per heavy atom. The summed E-state index contributed by atoms with van der Waals surface area (Å²) in [4.78, 5) is 23.6. The summed E-state index contributed by atoms with van der Waals surface area (Å²) in [5, 5.41) is 2.83. The Morgan fingerprint density at radius 1 is 1.05 bits per heavy atom. The fourth-order valence-electron chi connectivity index (χ4n) is 2.22. The van der Waals surface area contributed by atoms with Crippen LogP contribution in [0.4, 0.5) is 11.4 Å². The molecule has 1 amide bonds. The van der Waals surface area contributed by atoms with Gasteiger partial charge in [0.05, 0.1) is 0 Å². The third-order valence-corrected chi connectivity index (χ3v) is 3.44. The van der Waals surface area contributed by atoms with Crippen molar-refractivity contribution < 1.29 is 9.59 Å². The number of nitrogens with zero attached hydrogens (tertiary/aromatic N) is 1. The van der Waals surface area contributed by atoms with Crippen LogP contribution in [0.1, 0.15) is 27.6 Å². The maximum Gasteiger partial charge on any atom is 0.255 e. The lowest BCUT2D eigenvalue weighted by Crippen LogP contribution is -2.11. The molecule has 5 nitrogen and oxygen atoms in total. The smallest absolute Gasteiger partial charge is 0.255 e. The third-order valence-electron chi connectivity index (χ3n) is 3.44. The van der Waals surface area contributed by atoms with Crippen LogP contribution in [-0.4, -0.2) is 16.1 Å². The molecule has 0 aliphatic heterocycles. The van der Waals surface area contributed by atoms with Gasteiger partial charge in [0.15, 0.2) is 5.78 Å². The first-order chi connectivity index (χ1) is 10.5. The molecule has 3 rings (SSSR count). The van der Waals surface area contributed by atoms with E-state index in [0.29, 0.717) is 22.5 Å². The SMILES string of the molecule is CC(=O)c1cc2cc(NC(=O)c3ccc(N)cc3)ccn2c1. The first kappa shape index (κ1) is 13.9. The van der Waals surface area contributed by atoms with Crippen molar-refractivity contribution in [3.8, 4) is 0 Å². The highest BCUT2D eigenvalue weighted by atomic mass is 16.1. The Balaban J connectivity index is 1.85. The van der Waals surface area contributed by atoms with Crippen molar-refractivity contribution in [2.75, 3.05) is 11.1 Å². The van der Waals surface area contributed by atoms with E-state index in [-0.39, 0.29) is 11.7 Å². The summed E-state index contributed by atoms with van der Waals surface area (Å²) in [6.45, 7) is 1.53. The van der Waals surface area contributed by atoms with Gasteiger partial charge >= 0.3 is 0 Å². The van der Waals surface area contributed by atoms with E-state index in [1.54, 1.807) is 48.8 Å². The van der Waals surface area contributed by atoms with Crippen LogP contribution in [-0.2, 0) is 0 Å². The zero-order valence-corrected chi connectivity index (χ0v) is 12.0. The first-order valence-electron chi connectivity index (χ1n) is 6.82. The predicted octanol–water partition coefficient (Wildman–Crippen LogP) is 2.98. The van der Waals surface area contributed by atoms with Gasteiger partial charge in [-0.05, 0) is 49.4 Å². The minimum absolute atomic E-state index is 0.0103. The molecule has 3 aromatic rings. The fraction of sp³-hybridized carbons (Fsp3) is 0.0588. The molecular formula is C17H15N3O2. The van der Waals surface area contributed by atoms with Crippen LogP contribution >= 0.6 is 0 Å². The topological polar surface area (TPSA) is 76.6 Å². The van der Waals surface area contributed by atoms with E-state index in [0.717, 1.165) is 5.52 Å². The Morgan fingerprint density at radius 2 is 1.77 bits per heavy atom. The predicted molar refractivity (Wildman–Crippen MR) is 86.2 cm³/mol. The van der Waals surface area contributed by atoms with Gasteiger partial charge in [-0.2, -0.15) is 0 Å². The minimum atomic E-state index is -0.206. The number of carbonyl (C=O) groups is 2. The molecule has 110 valence electrons. The number of anilines is 2. The van der Waals surface area contributed by atoms with Crippen LogP contribution in [0.2, 0.25) is 0 Å². The summed E-state index contributed by atoms with van der Waals surface area (Å²) < 4.78 is 1.84. The third kappa shape index (κ3) is 2.69. The van der Waals surface area contributed by atoms with Crippen molar-refractivity contribution in [3.05, 3.63) is 66.0 Å². The van der Waals surface area contributed by atoms with Crippen LogP contribution in [0.15, 0.2) is 54.9 Å². The number of hydrogen-bond donors (Lipinski definition) is 2. The van der Waals surface area contributed by atoms with Crippen molar-refractivity contribution in [1.29, 1.82) is 0 Å². The lowest BCUT2D eigenvalue weighted by atomic mass is 10.2. The average Bonchev–Trinajstić information content (AvgIpc) is 2.91. The van der Waals surface area contributed by atoms with Crippen molar-refractivity contribution in [3.63, 3.8) is 0 Å². The quantitative estimate of drug-likeness (QED) is 0.575. The zero-order valence-electron chi connectivity index (χ0n) is 12.0. The molecule has 5 heteroatoms. The molecule has 0 unspecified atom stereocenters. The second-order valence-electron chi connectivity index (χ2n) is 5.11. The second-order valence-corrected chi connectivity index (χ2v) is 5.11. The lowest BCUT2D eigenvalue weighted by Gasteiger charge is -2.06. The molecule has 0 atom stereocenters. The van der Waals surface area contributed by atoms with Gasteiger partial charge in [0.25, 0.3) is 5.91 Å². The summed E-state index contributed by atoms with van der Waals surface area (Å²) in [6.07, 6.45) is 3.57. The molecule has 0 aliphatic carbocycles. The maximum absolute atomic E-state index is 12.2. The molecular weight excluding hydrogens is 278 g/mol. The van der Waals surface area contributed by atoms with E-state index in [9.17, 15) is 9.59 Å². The first-order valence-corrected chi connectivity index (χ1v) is 6.82. The molecule has 0 aliphatic rings. The number of pyridine rings is 1. The molecule has 0 fully saturated rings. The molecule has 0 saturated carbocycles. The van der Waals surface area contributed by atoms with E-state index in [2.05, 4.69) is 5.32 Å². The van der Waals surface area contributed by atoms with E-state index >= 15 is 0 Å². The number of carbonyl (C=O) groups excluding carboxylic acids is 2. The number of rotatable bonds is 3. The highest BCUT2D eigenvalue weighted by Gasteiger charge is 2.08. The number of ketones is 1. The number of amides is 1. The van der Waals surface area contributed by atoms with Crippen molar-refractivity contribution >= 4 is 28.6 Å². The van der Waals surface area contributed by atoms with E-state index < -0.39 is 0 Å². The molecule has 2 heterocycles. The van der Waals surface area contributed by atoms with E-state index in [4.69, 9.17) is 5.73 Å². The molecule has 22 heavy (non-hydrogen) atoms. The molecule has 0 saturated heterocycles. The van der Waals surface area contributed by atoms with Gasteiger partial charge in [-0.1, -0.05) is 0 Å². The Labute approximate surface area is 127 Å². The Hall–Kier alpha value is -3.08. The van der Waals surface area contributed by atoms with Crippen LogP contribution < -0.4 is 11.1 Å². The molecule has 3 N–H and O–H groups in total. The number of nitrogen functional groups attached to an aromatic ring is 1. The standard InChI is InChI=1S/C17H15N3O2/c1-11(21)13-8-16-9-15(6-7-20(16)10-13)19-17(22)12-2-4-14(18)5-3-12/h2-10H,18H2,1H3,(H,19,22). The van der Waals surface area contributed by atoms with Crippen molar-refractivity contribution in [2.24, 2.45) is 0 Å². The fourth-order valence-corrected chi connectivity index (χ4v) is 2.22. The van der Waals surface area contributed by atoms with E-state index in [1.165, 1.54) is 6.92 Å². The molecule has 2 aromatic heterocycles. The summed E-state index contributed by atoms with van der Waals surface area (Å²) in [5.74, 6) is -0.196. The van der Waals surface area contributed by atoms with Gasteiger partial charge in [-0.3, -0.25) is 9.59 Å². The second kappa shape index (κ2) is 5.37. The lowest BCUT2D eigenvalue weighted by molar-refractivity contribution is 0.101. The van der Waals surface area contributed by atoms with Gasteiger partial charge in [0, 0.05) is 40.4 Å². The number of hydrogen-bond acceptors (Lipinski definition) is 3. The van der Waals surface area contributed by atoms with Crippen molar-refractivity contribution in [1.82, 2.24) is 4.40 Å². The summed E-state index contributed by atoms with van der Waals surface area (Å²) in [5.41, 5.74) is 8.91. The average molecular weight is 293 g/mol. The number of nitrogens with two attached hydrogens (primary N) is 1. The molecule has 0 radical (unpaired) electrons. The normalized spacial score (nSPS) is 10.6. The summed E-state index contributed by atoms with van der Waals surface area (Å²) in [7, 11) is 0. The van der Waals surface area contributed by atoms with Crippen LogP contribution in [0.3, 0.4) is 0 Å². The van der Waals surface area contributed by atoms with E-state index in [1.807, 2.05) is 10.5 Å². The zero-order chi connectivity index (χ0) is 15.7. The van der Waals surface area contributed by atoms with Gasteiger partial charge < -0.3 is 15.5 Å². The molecule has 0 bridgehead atoms. The van der Waals surface area contributed by atoms with Crippen molar-refractivity contribution in [2.45, 2.75) is 6.92 Å². The highest BCUT2D eigenvalue weighted by molar-refractivity contribution is 6.04. The number of aromatic nitrogens is 1. The van der Waals surface area contributed by atoms with Crippen LogP contribution in [0.5, 0.6) is 0 Å².